The van der Waals surface area contributed by atoms with Gasteiger partial charge in [-0.2, -0.15) is 4.79 Å². The van der Waals surface area contributed by atoms with Crippen LogP contribution < -0.4 is 0 Å². The molecule has 0 unspecified atom stereocenters. The fraction of sp³-hybridized carbons (Fsp3) is 0.111. The lowest BCUT2D eigenvalue weighted by Gasteiger charge is -1.97. The summed E-state index contributed by atoms with van der Waals surface area (Å²) in [5.74, 6) is -1.27. The minimum Gasteiger partial charge on any atom is -0.460 e. The predicted molar refractivity (Wildman–Crippen MR) is 53.8 cm³/mol. The molecule has 4 nitrogen and oxygen atoms in total. The summed E-state index contributed by atoms with van der Waals surface area (Å²) in [5.41, 5.74) is 8.60. The van der Waals surface area contributed by atoms with E-state index in [2.05, 4.69) is 25.5 Å². The second kappa shape index (κ2) is 4.82. The average Bonchev–Trinajstić information content (AvgIpc) is 2.24. The second-order valence-electron chi connectivity index (χ2n) is 2.57. The highest BCUT2D eigenvalue weighted by molar-refractivity contribution is 9.10. The van der Waals surface area contributed by atoms with Crippen LogP contribution in [0.1, 0.15) is 5.56 Å². The molecule has 0 saturated carbocycles. The number of hydrogen-bond donors (Lipinski definition) is 0. The molecule has 0 aromatic heterocycles. The van der Waals surface area contributed by atoms with E-state index in [4.69, 9.17) is 5.53 Å². The molecule has 1 aromatic carbocycles. The highest BCUT2D eigenvalue weighted by Gasteiger charge is 2.24. The number of hydrogen-bond acceptors (Lipinski definition) is 2. The smallest absolute Gasteiger partial charge is 0.422 e. The van der Waals surface area contributed by atoms with Crippen LogP contribution in [0.5, 0.6) is 0 Å². The summed E-state index contributed by atoms with van der Waals surface area (Å²) in [6.07, 6.45) is 0. The molecule has 0 aliphatic heterocycles. The first-order valence-corrected chi connectivity index (χ1v) is 4.65. The van der Waals surface area contributed by atoms with Gasteiger partial charge in [-0.15, -0.1) is 0 Å². The first-order valence-electron chi connectivity index (χ1n) is 3.86. The third kappa shape index (κ3) is 2.49. The number of carbonyl (C=O) groups is 1. The van der Waals surface area contributed by atoms with Crippen molar-refractivity contribution in [3.8, 4) is 0 Å². The molecular formula is C9H6BrFN2O2. The minimum absolute atomic E-state index is 0.171. The van der Waals surface area contributed by atoms with Crippen molar-refractivity contribution >= 4 is 27.6 Å². The van der Waals surface area contributed by atoms with E-state index in [9.17, 15) is 9.18 Å². The van der Waals surface area contributed by atoms with Crippen molar-refractivity contribution in [1.29, 1.82) is 0 Å². The van der Waals surface area contributed by atoms with Gasteiger partial charge in [0.15, 0.2) is 0 Å². The number of nitrogens with zero attached hydrogens (tertiary/aromatic N) is 2. The highest BCUT2D eigenvalue weighted by Crippen LogP contribution is 2.17. The molecule has 0 bridgehead atoms. The van der Waals surface area contributed by atoms with Crippen LogP contribution in [0.2, 0.25) is 0 Å². The Bertz CT molecular complexity index is 455. The van der Waals surface area contributed by atoms with Gasteiger partial charge in [-0.3, -0.25) is 0 Å². The molecule has 15 heavy (non-hydrogen) atoms. The Balaban J connectivity index is 3.21. The van der Waals surface area contributed by atoms with Crippen molar-refractivity contribution in [2.24, 2.45) is 0 Å². The van der Waals surface area contributed by atoms with Crippen LogP contribution in [0, 0.1) is 5.82 Å². The van der Waals surface area contributed by atoms with Gasteiger partial charge in [0.2, 0.25) is 0 Å². The molecule has 78 valence electrons. The number of rotatable bonds is 2. The summed E-state index contributed by atoms with van der Waals surface area (Å²) < 4.78 is 17.4. The van der Waals surface area contributed by atoms with Gasteiger partial charge >= 0.3 is 11.7 Å². The van der Waals surface area contributed by atoms with Crippen LogP contribution in [0.3, 0.4) is 0 Å². The maximum absolute atomic E-state index is 12.9. The van der Waals surface area contributed by atoms with Crippen LogP contribution in [0.15, 0.2) is 22.7 Å². The first-order chi connectivity index (χ1) is 7.10. The largest absolute Gasteiger partial charge is 0.460 e. The topological polar surface area (TPSA) is 62.7 Å². The van der Waals surface area contributed by atoms with Crippen LogP contribution in [0.4, 0.5) is 4.39 Å². The lowest BCUT2D eigenvalue weighted by molar-refractivity contribution is -0.137. The molecule has 6 heteroatoms. The molecule has 0 N–H and O–H groups in total. The first kappa shape index (κ1) is 11.6. The number of benzene rings is 1. The van der Waals surface area contributed by atoms with Gasteiger partial charge in [0, 0.05) is 0 Å². The lowest BCUT2D eigenvalue weighted by Crippen LogP contribution is -2.18. The Labute approximate surface area is 93.4 Å². The van der Waals surface area contributed by atoms with E-state index in [0.29, 0.717) is 0 Å². The molecule has 0 aliphatic rings. The molecule has 0 radical (unpaired) electrons. The molecule has 0 atom stereocenters. The normalized spacial score (nSPS) is 9.27. The van der Waals surface area contributed by atoms with Crippen molar-refractivity contribution in [2.45, 2.75) is 0 Å². The van der Waals surface area contributed by atoms with Gasteiger partial charge < -0.3 is 10.3 Å². The molecule has 0 amide bonds. The molecule has 0 aliphatic carbocycles. The number of ether oxygens (including phenoxy) is 1. The van der Waals surface area contributed by atoms with Gasteiger partial charge in [0.25, 0.3) is 0 Å². The van der Waals surface area contributed by atoms with Gasteiger partial charge in [0.1, 0.15) is 5.82 Å². The van der Waals surface area contributed by atoms with E-state index >= 15 is 0 Å². The Morgan fingerprint density at radius 1 is 1.60 bits per heavy atom. The Morgan fingerprint density at radius 3 is 2.73 bits per heavy atom. The summed E-state index contributed by atoms with van der Waals surface area (Å²) in [5, 5.41) is 0. The van der Waals surface area contributed by atoms with Crippen molar-refractivity contribution in [3.05, 3.63) is 39.6 Å². The van der Waals surface area contributed by atoms with E-state index in [0.717, 1.165) is 13.2 Å². The van der Waals surface area contributed by atoms with Crippen molar-refractivity contribution in [2.75, 3.05) is 7.11 Å². The third-order valence-corrected chi connectivity index (χ3v) is 2.28. The SMILES string of the molecule is COC(=O)C(=[N+]=[N-])c1ccc(F)c(Br)c1. The number of halogens is 2. The lowest BCUT2D eigenvalue weighted by atomic mass is 10.1. The number of methoxy groups -OCH3 is 1. The summed E-state index contributed by atoms with van der Waals surface area (Å²) in [7, 11) is 1.16. The Morgan fingerprint density at radius 2 is 2.27 bits per heavy atom. The Kier molecular flexibility index (Phi) is 3.71. The fourth-order valence-electron chi connectivity index (χ4n) is 0.957. The second-order valence-corrected chi connectivity index (χ2v) is 3.42. The summed E-state index contributed by atoms with van der Waals surface area (Å²) >= 11 is 2.95. The molecule has 0 spiro atoms. The zero-order chi connectivity index (χ0) is 11.4. The van der Waals surface area contributed by atoms with Gasteiger partial charge in [0.05, 0.1) is 17.1 Å². The maximum atomic E-state index is 12.9. The minimum atomic E-state index is -0.795. The standard InChI is InChI=1S/C9H6BrFN2O2/c1-15-9(14)8(13-12)5-2-3-7(11)6(10)4-5/h2-4H,1H3. The highest BCUT2D eigenvalue weighted by atomic mass is 79.9. The molecule has 0 fully saturated rings. The van der Waals surface area contributed by atoms with Gasteiger partial charge in [-0.1, -0.05) is 0 Å². The van der Waals surface area contributed by atoms with Crippen LogP contribution in [-0.2, 0) is 9.53 Å². The number of esters is 1. The van der Waals surface area contributed by atoms with Crippen molar-refractivity contribution < 1.29 is 18.7 Å². The molecule has 1 rings (SSSR count). The molecule has 1 aromatic rings. The summed E-state index contributed by atoms with van der Waals surface area (Å²) in [6, 6.07) is 3.78. The van der Waals surface area contributed by atoms with Crippen LogP contribution in [0.25, 0.3) is 5.53 Å². The molecule has 0 heterocycles. The van der Waals surface area contributed by atoms with Gasteiger partial charge in [-0.25, -0.2) is 9.18 Å². The monoisotopic (exact) mass is 272 g/mol. The van der Waals surface area contributed by atoms with E-state index in [1.807, 2.05) is 0 Å². The van der Waals surface area contributed by atoms with E-state index in [1.54, 1.807) is 0 Å². The third-order valence-electron chi connectivity index (χ3n) is 1.67. The average molecular weight is 273 g/mol. The summed E-state index contributed by atoms with van der Waals surface area (Å²) in [4.78, 5) is 13.9. The van der Waals surface area contributed by atoms with Crippen molar-refractivity contribution in [3.63, 3.8) is 0 Å². The van der Waals surface area contributed by atoms with Crippen LogP contribution in [-0.4, -0.2) is 23.6 Å². The zero-order valence-electron chi connectivity index (χ0n) is 7.70. The van der Waals surface area contributed by atoms with E-state index < -0.39 is 11.8 Å². The number of carbonyl (C=O) groups excluding carboxylic acids is 1. The molecule has 0 saturated heterocycles. The predicted octanol–water partition coefficient (Wildman–Crippen LogP) is 1.78. The summed E-state index contributed by atoms with van der Waals surface area (Å²) in [6.45, 7) is 0. The van der Waals surface area contributed by atoms with E-state index in [1.165, 1.54) is 12.1 Å². The molecular weight excluding hydrogens is 267 g/mol. The van der Waals surface area contributed by atoms with Crippen LogP contribution >= 0.6 is 15.9 Å². The quantitative estimate of drug-likeness (QED) is 0.357. The van der Waals surface area contributed by atoms with Crippen molar-refractivity contribution in [1.82, 2.24) is 0 Å². The zero-order valence-corrected chi connectivity index (χ0v) is 9.28. The Hall–Kier alpha value is -1.52. The van der Waals surface area contributed by atoms with Gasteiger partial charge in [-0.05, 0) is 34.1 Å². The maximum Gasteiger partial charge on any atom is 0.422 e. The van der Waals surface area contributed by atoms with E-state index in [-0.39, 0.29) is 15.7 Å². The fourth-order valence-corrected chi connectivity index (χ4v) is 1.34.